The third-order valence-corrected chi connectivity index (χ3v) is 7.04. The van der Waals surface area contributed by atoms with Gasteiger partial charge in [0.15, 0.2) is 0 Å². The first-order valence-electron chi connectivity index (χ1n) is 10.7. The van der Waals surface area contributed by atoms with E-state index in [-0.39, 0.29) is 0 Å². The van der Waals surface area contributed by atoms with Gasteiger partial charge in [0.1, 0.15) is 0 Å². The highest BCUT2D eigenvalue weighted by atomic mass is 32.2. The van der Waals surface area contributed by atoms with E-state index < -0.39 is 0 Å². The predicted molar refractivity (Wildman–Crippen MR) is 120 cm³/mol. The molecule has 0 saturated carbocycles. The number of likely N-dealkylation sites (tertiary alicyclic amines) is 1. The maximum absolute atomic E-state index is 2.76. The van der Waals surface area contributed by atoms with Gasteiger partial charge < -0.3 is 0 Å². The Morgan fingerprint density at radius 3 is 1.89 bits per heavy atom. The molecule has 2 saturated heterocycles. The van der Waals surface area contributed by atoms with Gasteiger partial charge in [-0.15, -0.1) is 11.8 Å². The Labute approximate surface area is 174 Å². The highest BCUT2D eigenvalue weighted by molar-refractivity contribution is 7.98. The van der Waals surface area contributed by atoms with Gasteiger partial charge >= 0.3 is 0 Å². The zero-order chi connectivity index (χ0) is 19.2. The van der Waals surface area contributed by atoms with Crippen LogP contribution in [-0.2, 0) is 13.1 Å². The van der Waals surface area contributed by atoms with Crippen LogP contribution in [0.4, 0.5) is 0 Å². The molecular weight excluding hydrogens is 362 g/mol. The van der Waals surface area contributed by atoms with Crippen molar-refractivity contribution in [3.8, 4) is 0 Å². The normalized spacial score (nSPS) is 20.5. The summed E-state index contributed by atoms with van der Waals surface area (Å²) in [6.07, 6.45) is 4.78. The molecule has 0 unspecified atom stereocenters. The lowest BCUT2D eigenvalue weighted by molar-refractivity contribution is 0.0550. The minimum absolute atomic E-state index is 0.787. The molecule has 0 spiro atoms. The van der Waals surface area contributed by atoms with Crippen LogP contribution in [0.2, 0.25) is 0 Å². The fourth-order valence-electron chi connectivity index (χ4n) is 4.56. The van der Waals surface area contributed by atoms with Crippen LogP contribution < -0.4 is 0 Å². The van der Waals surface area contributed by atoms with Gasteiger partial charge in [0.2, 0.25) is 0 Å². The van der Waals surface area contributed by atoms with Crippen LogP contribution in [0, 0.1) is 0 Å². The van der Waals surface area contributed by atoms with Gasteiger partial charge in [0.25, 0.3) is 0 Å². The molecule has 4 rings (SSSR count). The minimum atomic E-state index is 0.787. The second-order valence-electron chi connectivity index (χ2n) is 8.15. The smallest absolute Gasteiger partial charge is 0.0234 e. The van der Waals surface area contributed by atoms with Crippen molar-refractivity contribution in [2.24, 2.45) is 0 Å². The summed E-state index contributed by atoms with van der Waals surface area (Å²) < 4.78 is 0. The third-order valence-electron chi connectivity index (χ3n) is 6.29. The van der Waals surface area contributed by atoms with Crippen LogP contribution in [-0.4, -0.2) is 66.3 Å². The topological polar surface area (TPSA) is 9.72 Å². The number of piperazine rings is 1. The number of benzene rings is 2. The number of thioether (sulfide) groups is 1. The Morgan fingerprint density at radius 2 is 1.29 bits per heavy atom. The second kappa shape index (κ2) is 9.93. The summed E-state index contributed by atoms with van der Waals surface area (Å²) in [6, 6.07) is 20.8. The van der Waals surface area contributed by atoms with Crippen LogP contribution in [0.1, 0.15) is 24.0 Å². The molecule has 0 N–H and O–H groups in total. The van der Waals surface area contributed by atoms with Crippen molar-refractivity contribution < 1.29 is 0 Å². The molecule has 0 radical (unpaired) electrons. The van der Waals surface area contributed by atoms with Crippen LogP contribution in [0.3, 0.4) is 0 Å². The summed E-state index contributed by atoms with van der Waals surface area (Å²) in [5.74, 6) is 0. The average molecular weight is 396 g/mol. The molecule has 2 aliphatic heterocycles. The zero-order valence-electron chi connectivity index (χ0n) is 17.1. The van der Waals surface area contributed by atoms with Gasteiger partial charge in [-0.2, -0.15) is 0 Å². The van der Waals surface area contributed by atoms with Crippen molar-refractivity contribution in [2.45, 2.75) is 36.9 Å². The Bertz CT molecular complexity index is 702. The van der Waals surface area contributed by atoms with Gasteiger partial charge in [0, 0.05) is 50.2 Å². The van der Waals surface area contributed by atoms with E-state index in [0.29, 0.717) is 0 Å². The van der Waals surface area contributed by atoms with Crippen molar-refractivity contribution in [3.63, 3.8) is 0 Å². The van der Waals surface area contributed by atoms with Crippen molar-refractivity contribution in [2.75, 3.05) is 45.5 Å². The van der Waals surface area contributed by atoms with Gasteiger partial charge in [-0.3, -0.25) is 14.7 Å². The molecule has 2 heterocycles. The highest BCUT2D eigenvalue weighted by Crippen LogP contribution is 2.21. The van der Waals surface area contributed by atoms with E-state index in [9.17, 15) is 0 Å². The maximum atomic E-state index is 2.76. The standard InChI is InChI=1S/C24H33N3S/c1-28-24-9-7-22(8-10-24)20-26-15-17-27(18-16-26)23-11-13-25(14-12-23)19-21-5-3-2-4-6-21/h2-10,23H,11-20H2,1H3. The van der Waals surface area contributed by atoms with Crippen molar-refractivity contribution in [1.82, 2.24) is 14.7 Å². The lowest BCUT2D eigenvalue weighted by atomic mass is 10.0. The maximum Gasteiger partial charge on any atom is 0.0234 e. The summed E-state index contributed by atoms with van der Waals surface area (Å²) >= 11 is 1.82. The van der Waals surface area contributed by atoms with Crippen LogP contribution in [0.5, 0.6) is 0 Å². The van der Waals surface area contributed by atoms with E-state index in [4.69, 9.17) is 0 Å². The SMILES string of the molecule is CSc1ccc(CN2CCN(C3CCN(Cc4ccccc4)CC3)CC2)cc1. The Kier molecular flexibility index (Phi) is 7.08. The molecule has 2 aromatic rings. The molecule has 0 amide bonds. The number of hydrogen-bond acceptors (Lipinski definition) is 4. The predicted octanol–water partition coefficient (Wildman–Crippen LogP) is 4.19. The molecule has 0 aliphatic carbocycles. The molecular formula is C24H33N3S. The third kappa shape index (κ3) is 5.38. The summed E-state index contributed by atoms with van der Waals surface area (Å²) in [5, 5.41) is 0. The molecule has 150 valence electrons. The number of nitrogens with zero attached hydrogens (tertiary/aromatic N) is 3. The molecule has 4 heteroatoms. The second-order valence-corrected chi connectivity index (χ2v) is 9.03. The first kappa shape index (κ1) is 20.0. The summed E-state index contributed by atoms with van der Waals surface area (Å²) in [4.78, 5) is 9.36. The summed E-state index contributed by atoms with van der Waals surface area (Å²) in [5.41, 5.74) is 2.89. The largest absolute Gasteiger partial charge is 0.299 e. The highest BCUT2D eigenvalue weighted by Gasteiger charge is 2.27. The molecule has 2 fully saturated rings. The fraction of sp³-hybridized carbons (Fsp3) is 0.500. The van der Waals surface area contributed by atoms with Crippen molar-refractivity contribution in [3.05, 3.63) is 65.7 Å². The lowest BCUT2D eigenvalue weighted by Crippen LogP contribution is -2.52. The lowest BCUT2D eigenvalue weighted by Gasteiger charge is -2.43. The Balaban J connectivity index is 1.19. The zero-order valence-corrected chi connectivity index (χ0v) is 17.9. The summed E-state index contributed by atoms with van der Waals surface area (Å²) in [7, 11) is 0. The van der Waals surface area contributed by atoms with E-state index in [2.05, 4.69) is 75.6 Å². The van der Waals surface area contributed by atoms with E-state index in [0.717, 1.165) is 19.1 Å². The fourth-order valence-corrected chi connectivity index (χ4v) is 4.97. The van der Waals surface area contributed by atoms with E-state index in [1.165, 1.54) is 68.1 Å². The minimum Gasteiger partial charge on any atom is -0.299 e. The van der Waals surface area contributed by atoms with E-state index >= 15 is 0 Å². The first-order chi connectivity index (χ1) is 13.8. The van der Waals surface area contributed by atoms with Crippen LogP contribution >= 0.6 is 11.8 Å². The molecule has 0 atom stereocenters. The van der Waals surface area contributed by atoms with Gasteiger partial charge in [0.05, 0.1) is 0 Å². The molecule has 0 aromatic heterocycles. The monoisotopic (exact) mass is 395 g/mol. The molecule has 2 aliphatic rings. The van der Waals surface area contributed by atoms with Crippen LogP contribution in [0.25, 0.3) is 0 Å². The Morgan fingerprint density at radius 1 is 0.714 bits per heavy atom. The van der Waals surface area contributed by atoms with E-state index in [1.54, 1.807) is 0 Å². The van der Waals surface area contributed by atoms with Gasteiger partial charge in [-0.1, -0.05) is 42.5 Å². The first-order valence-corrected chi connectivity index (χ1v) is 11.9. The molecule has 2 aromatic carbocycles. The molecule has 0 bridgehead atoms. The van der Waals surface area contributed by atoms with Gasteiger partial charge in [-0.05, 0) is 55.4 Å². The van der Waals surface area contributed by atoms with Crippen molar-refractivity contribution in [1.29, 1.82) is 0 Å². The molecule has 28 heavy (non-hydrogen) atoms. The van der Waals surface area contributed by atoms with Crippen LogP contribution in [0.15, 0.2) is 59.5 Å². The Hall–Kier alpha value is -1.33. The van der Waals surface area contributed by atoms with Crippen molar-refractivity contribution >= 4 is 11.8 Å². The quantitative estimate of drug-likeness (QED) is 0.678. The number of rotatable bonds is 6. The average Bonchev–Trinajstić information content (AvgIpc) is 2.76. The number of piperidine rings is 1. The summed E-state index contributed by atoms with van der Waals surface area (Å²) in [6.45, 7) is 9.54. The van der Waals surface area contributed by atoms with Gasteiger partial charge in [-0.25, -0.2) is 0 Å². The molecule has 3 nitrogen and oxygen atoms in total. The van der Waals surface area contributed by atoms with E-state index in [1.807, 2.05) is 11.8 Å². The number of hydrogen-bond donors (Lipinski definition) is 0.